The first-order chi connectivity index (χ1) is 15.8. The number of rotatable bonds is 5. The second-order valence-corrected chi connectivity index (χ2v) is 7.72. The molecule has 0 saturated carbocycles. The lowest BCUT2D eigenvalue weighted by atomic mass is 9.92. The van der Waals surface area contributed by atoms with Gasteiger partial charge in [0.2, 0.25) is 0 Å². The molecule has 2 amide bonds. The van der Waals surface area contributed by atoms with Crippen LogP contribution in [0.25, 0.3) is 0 Å². The van der Waals surface area contributed by atoms with E-state index in [2.05, 4.69) is 0 Å². The zero-order chi connectivity index (χ0) is 21.9. The van der Waals surface area contributed by atoms with E-state index >= 15 is 0 Å². The molecule has 4 nitrogen and oxygen atoms in total. The minimum absolute atomic E-state index is 0.0879. The standard InChI is InChI=1S/C28H22N2O2/c31-27(22-15-7-2-8-16-22)26-25(21-13-5-1-6-14-21)29(23-17-9-3-10-18-23)28(32)30(26)24-19-11-4-12-20-24/h1-20,25-26H. The number of Topliss-reactive ketones (excluding diaryl/α,β-unsaturated/α-hetero) is 1. The van der Waals surface area contributed by atoms with Crippen LogP contribution in [0.4, 0.5) is 16.2 Å². The Bertz CT molecular complexity index is 1210. The van der Waals surface area contributed by atoms with Crippen LogP contribution in [0.5, 0.6) is 0 Å². The Morgan fingerprint density at radius 1 is 0.562 bits per heavy atom. The molecule has 2 atom stereocenters. The number of carbonyl (C=O) groups is 2. The average molecular weight is 418 g/mol. The largest absolute Gasteiger partial charge is 0.330 e. The number of carbonyl (C=O) groups excluding carboxylic acids is 2. The van der Waals surface area contributed by atoms with Gasteiger partial charge in [0.1, 0.15) is 6.04 Å². The molecular weight excluding hydrogens is 396 g/mol. The smallest absolute Gasteiger partial charge is 0.292 e. The van der Waals surface area contributed by atoms with Gasteiger partial charge in [-0.05, 0) is 29.8 Å². The number of para-hydroxylation sites is 2. The summed E-state index contributed by atoms with van der Waals surface area (Å²) >= 11 is 0. The van der Waals surface area contributed by atoms with Gasteiger partial charge >= 0.3 is 6.03 Å². The fourth-order valence-corrected chi connectivity index (χ4v) is 4.37. The SMILES string of the molecule is O=C(c1ccccc1)C1C(c2ccccc2)N(c2ccccc2)C(=O)N1c1ccccc1. The van der Waals surface area contributed by atoms with Crippen molar-refractivity contribution in [3.63, 3.8) is 0 Å². The molecule has 1 aliphatic heterocycles. The van der Waals surface area contributed by atoms with Crippen molar-refractivity contribution in [3.05, 3.63) is 132 Å². The number of hydrogen-bond donors (Lipinski definition) is 0. The van der Waals surface area contributed by atoms with E-state index < -0.39 is 12.1 Å². The summed E-state index contributed by atoms with van der Waals surface area (Å²) in [4.78, 5) is 31.2. The predicted octanol–water partition coefficient (Wildman–Crippen LogP) is 6.13. The summed E-state index contributed by atoms with van der Waals surface area (Å²) in [6.07, 6.45) is 0. The number of anilines is 2. The summed E-state index contributed by atoms with van der Waals surface area (Å²) < 4.78 is 0. The molecule has 0 aromatic heterocycles. The van der Waals surface area contributed by atoms with Gasteiger partial charge in [0, 0.05) is 16.9 Å². The van der Waals surface area contributed by atoms with Gasteiger partial charge in [0.05, 0.1) is 6.04 Å². The number of nitrogens with zero attached hydrogens (tertiary/aromatic N) is 2. The summed E-state index contributed by atoms with van der Waals surface area (Å²) in [7, 11) is 0. The fourth-order valence-electron chi connectivity index (χ4n) is 4.37. The topological polar surface area (TPSA) is 40.6 Å². The first kappa shape index (κ1) is 19.8. The van der Waals surface area contributed by atoms with Crippen molar-refractivity contribution in [2.24, 2.45) is 0 Å². The Kier molecular flexibility index (Phi) is 5.26. The van der Waals surface area contributed by atoms with E-state index in [1.165, 1.54) is 0 Å². The summed E-state index contributed by atoms with van der Waals surface area (Å²) in [5.41, 5.74) is 2.96. The maximum Gasteiger partial charge on any atom is 0.330 e. The zero-order valence-electron chi connectivity index (χ0n) is 17.4. The van der Waals surface area contributed by atoms with Crippen molar-refractivity contribution in [2.75, 3.05) is 9.80 Å². The van der Waals surface area contributed by atoms with Crippen LogP contribution < -0.4 is 9.80 Å². The molecule has 32 heavy (non-hydrogen) atoms. The van der Waals surface area contributed by atoms with Gasteiger partial charge in [-0.25, -0.2) is 4.79 Å². The molecule has 0 spiro atoms. The molecular formula is C28H22N2O2. The van der Waals surface area contributed by atoms with Crippen LogP contribution in [-0.4, -0.2) is 17.9 Å². The molecule has 4 aromatic carbocycles. The van der Waals surface area contributed by atoms with Crippen molar-refractivity contribution in [1.82, 2.24) is 0 Å². The third kappa shape index (κ3) is 3.46. The Morgan fingerprint density at radius 2 is 1.00 bits per heavy atom. The summed E-state index contributed by atoms with van der Waals surface area (Å²) in [6, 6.07) is 36.6. The molecule has 4 aromatic rings. The Balaban J connectivity index is 1.73. The van der Waals surface area contributed by atoms with E-state index in [9.17, 15) is 9.59 Å². The second-order valence-electron chi connectivity index (χ2n) is 7.72. The molecule has 0 N–H and O–H groups in total. The first-order valence-corrected chi connectivity index (χ1v) is 10.6. The number of urea groups is 1. The average Bonchev–Trinajstić information content (AvgIpc) is 3.18. The van der Waals surface area contributed by atoms with Crippen LogP contribution in [0.1, 0.15) is 22.0 Å². The van der Waals surface area contributed by atoms with E-state index in [-0.39, 0.29) is 11.8 Å². The molecule has 0 aliphatic carbocycles. The highest BCUT2D eigenvalue weighted by Crippen LogP contribution is 2.42. The van der Waals surface area contributed by atoms with Crippen molar-refractivity contribution < 1.29 is 9.59 Å². The van der Waals surface area contributed by atoms with Crippen LogP contribution in [0.3, 0.4) is 0 Å². The van der Waals surface area contributed by atoms with Crippen LogP contribution >= 0.6 is 0 Å². The maximum absolute atomic E-state index is 13.9. The highest BCUT2D eigenvalue weighted by atomic mass is 16.2. The van der Waals surface area contributed by atoms with Crippen LogP contribution in [-0.2, 0) is 0 Å². The quantitative estimate of drug-likeness (QED) is 0.366. The minimum atomic E-state index is -0.713. The Hall–Kier alpha value is -4.18. The molecule has 1 heterocycles. The van der Waals surface area contributed by atoms with Crippen molar-refractivity contribution in [1.29, 1.82) is 0 Å². The van der Waals surface area contributed by atoms with E-state index in [4.69, 9.17) is 0 Å². The highest BCUT2D eigenvalue weighted by Gasteiger charge is 2.51. The molecule has 0 bridgehead atoms. The normalized spacial score (nSPS) is 18.1. The molecule has 156 valence electrons. The van der Waals surface area contributed by atoms with Crippen molar-refractivity contribution in [2.45, 2.75) is 12.1 Å². The van der Waals surface area contributed by atoms with Crippen molar-refractivity contribution in [3.8, 4) is 0 Å². The van der Waals surface area contributed by atoms with E-state index in [1.54, 1.807) is 9.80 Å². The number of ketones is 1. The fraction of sp³-hybridized carbons (Fsp3) is 0.0714. The third-order valence-electron chi connectivity index (χ3n) is 5.80. The van der Waals surface area contributed by atoms with Crippen LogP contribution in [0, 0.1) is 0 Å². The molecule has 5 rings (SSSR count). The number of hydrogen-bond acceptors (Lipinski definition) is 2. The lowest BCUT2D eigenvalue weighted by Crippen LogP contribution is -2.40. The molecule has 4 heteroatoms. The maximum atomic E-state index is 13.9. The number of amides is 2. The van der Waals surface area contributed by atoms with Crippen LogP contribution in [0.15, 0.2) is 121 Å². The Labute approximate surface area is 187 Å². The van der Waals surface area contributed by atoms with Gasteiger partial charge in [0.15, 0.2) is 5.78 Å². The van der Waals surface area contributed by atoms with Gasteiger partial charge in [-0.15, -0.1) is 0 Å². The van der Waals surface area contributed by atoms with Crippen molar-refractivity contribution >= 4 is 23.2 Å². The predicted molar refractivity (Wildman–Crippen MR) is 127 cm³/mol. The lowest BCUT2D eigenvalue weighted by molar-refractivity contribution is 0.0955. The summed E-state index contributed by atoms with van der Waals surface area (Å²) in [6.45, 7) is 0. The second kappa shape index (κ2) is 8.52. The van der Waals surface area contributed by atoms with E-state index in [0.29, 0.717) is 11.3 Å². The molecule has 1 saturated heterocycles. The Morgan fingerprint density at radius 3 is 1.53 bits per heavy atom. The zero-order valence-corrected chi connectivity index (χ0v) is 17.4. The van der Waals surface area contributed by atoms with Gasteiger partial charge in [-0.2, -0.15) is 0 Å². The third-order valence-corrected chi connectivity index (χ3v) is 5.80. The van der Waals surface area contributed by atoms with Gasteiger partial charge in [-0.3, -0.25) is 14.6 Å². The minimum Gasteiger partial charge on any atom is -0.292 e. The monoisotopic (exact) mass is 418 g/mol. The number of benzene rings is 4. The van der Waals surface area contributed by atoms with E-state index in [0.717, 1.165) is 11.3 Å². The molecule has 1 aliphatic rings. The van der Waals surface area contributed by atoms with E-state index in [1.807, 2.05) is 121 Å². The van der Waals surface area contributed by atoms with Gasteiger partial charge < -0.3 is 0 Å². The van der Waals surface area contributed by atoms with Gasteiger partial charge in [-0.1, -0.05) is 97.1 Å². The summed E-state index contributed by atoms with van der Waals surface area (Å²) in [5.74, 6) is -0.0879. The van der Waals surface area contributed by atoms with Gasteiger partial charge in [0.25, 0.3) is 0 Å². The molecule has 0 radical (unpaired) electrons. The van der Waals surface area contributed by atoms with Crippen LogP contribution in [0.2, 0.25) is 0 Å². The molecule has 2 unspecified atom stereocenters. The highest BCUT2D eigenvalue weighted by molar-refractivity contribution is 6.16. The lowest BCUT2D eigenvalue weighted by Gasteiger charge is -2.27. The molecule has 1 fully saturated rings. The summed E-state index contributed by atoms with van der Waals surface area (Å²) in [5, 5.41) is 0. The first-order valence-electron chi connectivity index (χ1n) is 10.6.